The number of aromatic amines is 1. The van der Waals surface area contributed by atoms with Crippen molar-refractivity contribution in [1.82, 2.24) is 9.97 Å². The van der Waals surface area contributed by atoms with Crippen LogP contribution in [0.2, 0.25) is 0 Å². The maximum atomic E-state index is 10.5. The maximum absolute atomic E-state index is 10.5. The first-order valence-electron chi connectivity index (χ1n) is 3.40. The zero-order valence-corrected chi connectivity index (χ0v) is 7.63. The summed E-state index contributed by atoms with van der Waals surface area (Å²) in [6.07, 6.45) is 2.46. The topological polar surface area (TPSA) is 45.8 Å². The molecule has 2 rings (SSSR count). The van der Waals surface area contributed by atoms with Crippen molar-refractivity contribution in [1.29, 1.82) is 0 Å². The second-order valence-electron chi connectivity index (χ2n) is 2.37. The Bertz CT molecular complexity index is 436. The quantitative estimate of drug-likeness (QED) is 0.755. The van der Waals surface area contributed by atoms with E-state index in [-0.39, 0.29) is 0 Å². The number of fused-ring (bicyclic) bond motifs is 1. The van der Waals surface area contributed by atoms with Crippen LogP contribution in [0, 0.1) is 0 Å². The van der Waals surface area contributed by atoms with E-state index in [1.54, 1.807) is 6.20 Å². The molecule has 0 aliphatic carbocycles. The van der Waals surface area contributed by atoms with Gasteiger partial charge in [-0.25, -0.2) is 0 Å². The number of carbonyl (C=O) groups is 1. The number of nitrogens with zero attached hydrogens (tertiary/aromatic N) is 1. The van der Waals surface area contributed by atoms with E-state index in [1.165, 1.54) is 0 Å². The van der Waals surface area contributed by atoms with Crippen molar-refractivity contribution < 1.29 is 4.79 Å². The van der Waals surface area contributed by atoms with E-state index in [2.05, 4.69) is 25.9 Å². The molecule has 0 atom stereocenters. The van der Waals surface area contributed by atoms with Crippen molar-refractivity contribution in [2.45, 2.75) is 0 Å². The van der Waals surface area contributed by atoms with Crippen LogP contribution in [0.5, 0.6) is 0 Å². The Kier molecular flexibility index (Phi) is 1.69. The van der Waals surface area contributed by atoms with Crippen LogP contribution in [-0.2, 0) is 0 Å². The van der Waals surface area contributed by atoms with Crippen molar-refractivity contribution in [3.05, 3.63) is 28.5 Å². The first-order valence-corrected chi connectivity index (χ1v) is 4.19. The molecule has 2 aromatic heterocycles. The Labute approximate surface area is 76.9 Å². The van der Waals surface area contributed by atoms with E-state index >= 15 is 0 Å². The highest BCUT2D eigenvalue weighted by Gasteiger charge is 2.07. The lowest BCUT2D eigenvalue weighted by molar-refractivity contribution is 0.111. The number of aldehydes is 1. The predicted molar refractivity (Wildman–Crippen MR) is 49.2 cm³/mol. The molecule has 0 amide bonds. The Hall–Kier alpha value is -1.16. The highest BCUT2D eigenvalue weighted by Crippen LogP contribution is 2.24. The lowest BCUT2D eigenvalue weighted by Crippen LogP contribution is -1.77. The summed E-state index contributed by atoms with van der Waals surface area (Å²) in [6.45, 7) is 0. The van der Waals surface area contributed by atoms with Gasteiger partial charge in [0.15, 0.2) is 6.29 Å². The molecule has 2 heterocycles. The largest absolute Gasteiger partial charge is 0.350 e. The smallest absolute Gasteiger partial charge is 0.167 e. The minimum absolute atomic E-state index is 0.531. The zero-order valence-electron chi connectivity index (χ0n) is 6.04. The molecule has 0 unspecified atom stereocenters. The van der Waals surface area contributed by atoms with Crippen molar-refractivity contribution in [3.8, 4) is 0 Å². The third kappa shape index (κ3) is 0.956. The molecule has 12 heavy (non-hydrogen) atoms. The molecule has 0 aromatic carbocycles. The summed E-state index contributed by atoms with van der Waals surface area (Å²) in [6, 6.07) is 3.69. The number of hydrogen-bond acceptors (Lipinski definition) is 2. The van der Waals surface area contributed by atoms with Crippen LogP contribution in [0.1, 0.15) is 10.5 Å². The normalized spacial score (nSPS) is 10.4. The van der Waals surface area contributed by atoms with Crippen LogP contribution < -0.4 is 0 Å². The van der Waals surface area contributed by atoms with Crippen LogP contribution >= 0.6 is 15.9 Å². The second-order valence-corrected chi connectivity index (χ2v) is 3.16. The van der Waals surface area contributed by atoms with E-state index in [1.807, 2.05) is 12.1 Å². The monoisotopic (exact) mass is 224 g/mol. The van der Waals surface area contributed by atoms with Crippen molar-refractivity contribution in [2.75, 3.05) is 0 Å². The molecule has 3 nitrogen and oxygen atoms in total. The highest BCUT2D eigenvalue weighted by atomic mass is 79.9. The standard InChI is InChI=1S/C8H5BrN2O/c9-7-6(4-12)11-5-2-1-3-10-8(5)7/h1-4,11H. The SMILES string of the molecule is O=Cc1[nH]c2cccnc2c1Br. The minimum atomic E-state index is 0.531. The summed E-state index contributed by atoms with van der Waals surface area (Å²) in [5.74, 6) is 0. The lowest BCUT2D eigenvalue weighted by Gasteiger charge is -1.85. The van der Waals surface area contributed by atoms with Gasteiger partial charge in [0.25, 0.3) is 0 Å². The number of aromatic nitrogens is 2. The number of H-pyrrole nitrogens is 1. The van der Waals surface area contributed by atoms with Crippen molar-refractivity contribution in [2.24, 2.45) is 0 Å². The highest BCUT2D eigenvalue weighted by molar-refractivity contribution is 9.10. The molecule has 0 fully saturated rings. The van der Waals surface area contributed by atoms with Crippen LogP contribution in [0.25, 0.3) is 11.0 Å². The van der Waals surface area contributed by atoms with Gasteiger partial charge in [0.2, 0.25) is 0 Å². The third-order valence-electron chi connectivity index (χ3n) is 1.64. The van der Waals surface area contributed by atoms with E-state index < -0.39 is 0 Å². The molecule has 0 aliphatic heterocycles. The van der Waals surface area contributed by atoms with E-state index in [0.29, 0.717) is 5.69 Å². The third-order valence-corrected chi connectivity index (χ3v) is 2.44. The average Bonchev–Trinajstić information content (AvgIpc) is 2.44. The van der Waals surface area contributed by atoms with E-state index in [9.17, 15) is 4.79 Å². The molecule has 0 spiro atoms. The van der Waals surface area contributed by atoms with Crippen molar-refractivity contribution in [3.63, 3.8) is 0 Å². The summed E-state index contributed by atoms with van der Waals surface area (Å²) in [5.41, 5.74) is 2.19. The average molecular weight is 225 g/mol. The summed E-state index contributed by atoms with van der Waals surface area (Å²) < 4.78 is 0.730. The second kappa shape index (κ2) is 2.71. The van der Waals surface area contributed by atoms with Gasteiger partial charge in [-0.05, 0) is 28.1 Å². The molecule has 0 saturated heterocycles. The molecule has 2 aromatic rings. The first-order chi connectivity index (χ1) is 5.83. The van der Waals surface area contributed by atoms with Crippen LogP contribution in [-0.4, -0.2) is 16.3 Å². The summed E-state index contributed by atoms with van der Waals surface area (Å²) >= 11 is 3.29. The van der Waals surface area contributed by atoms with Gasteiger partial charge in [-0.2, -0.15) is 0 Å². The molecule has 0 radical (unpaired) electrons. The van der Waals surface area contributed by atoms with Crippen LogP contribution in [0.4, 0.5) is 0 Å². The molecular formula is C8H5BrN2O. The van der Waals surface area contributed by atoms with E-state index in [4.69, 9.17) is 0 Å². The van der Waals surface area contributed by atoms with Gasteiger partial charge < -0.3 is 4.98 Å². The summed E-state index contributed by atoms with van der Waals surface area (Å²) in [5, 5.41) is 0. The number of pyridine rings is 1. The van der Waals surface area contributed by atoms with Gasteiger partial charge >= 0.3 is 0 Å². The van der Waals surface area contributed by atoms with Gasteiger partial charge in [0.1, 0.15) is 5.52 Å². The molecule has 1 N–H and O–H groups in total. The van der Waals surface area contributed by atoms with Gasteiger partial charge in [-0.1, -0.05) is 0 Å². The molecule has 0 saturated carbocycles. The van der Waals surface area contributed by atoms with Gasteiger partial charge in [-0.3, -0.25) is 9.78 Å². The Morgan fingerprint density at radius 2 is 2.42 bits per heavy atom. The molecule has 0 bridgehead atoms. The summed E-state index contributed by atoms with van der Waals surface area (Å²) in [4.78, 5) is 17.6. The first kappa shape index (κ1) is 7.49. The van der Waals surface area contributed by atoms with Crippen LogP contribution in [0.15, 0.2) is 22.8 Å². The molecule has 4 heteroatoms. The fraction of sp³-hybridized carbons (Fsp3) is 0. The van der Waals surface area contributed by atoms with E-state index in [0.717, 1.165) is 21.8 Å². The van der Waals surface area contributed by atoms with Gasteiger partial charge in [0, 0.05) is 6.20 Å². The van der Waals surface area contributed by atoms with Gasteiger partial charge in [-0.15, -0.1) is 0 Å². The van der Waals surface area contributed by atoms with Gasteiger partial charge in [0.05, 0.1) is 15.7 Å². The fourth-order valence-electron chi connectivity index (χ4n) is 1.09. The number of carbonyl (C=O) groups excluding carboxylic acids is 1. The Morgan fingerprint density at radius 1 is 1.58 bits per heavy atom. The Balaban J connectivity index is 2.87. The number of nitrogens with one attached hydrogen (secondary N) is 1. The molecule has 60 valence electrons. The summed E-state index contributed by atoms with van der Waals surface area (Å²) in [7, 11) is 0. The lowest BCUT2D eigenvalue weighted by atomic mass is 10.4. The van der Waals surface area contributed by atoms with Crippen molar-refractivity contribution >= 4 is 33.2 Å². The minimum Gasteiger partial charge on any atom is -0.350 e. The molecular weight excluding hydrogens is 220 g/mol. The fourth-order valence-corrected chi connectivity index (χ4v) is 1.60. The number of halogens is 1. The number of hydrogen-bond donors (Lipinski definition) is 1. The zero-order chi connectivity index (χ0) is 8.55. The predicted octanol–water partition coefficient (Wildman–Crippen LogP) is 2.14. The number of rotatable bonds is 1. The Morgan fingerprint density at radius 3 is 3.08 bits per heavy atom. The maximum Gasteiger partial charge on any atom is 0.167 e. The van der Waals surface area contributed by atoms with Crippen LogP contribution in [0.3, 0.4) is 0 Å². The molecule has 0 aliphatic rings.